The molecule has 3 heterocycles. The highest BCUT2D eigenvalue weighted by Gasteiger charge is 2.24. The Labute approximate surface area is 313 Å². The van der Waals surface area contributed by atoms with Crippen LogP contribution in [0, 0.1) is 0 Å². The van der Waals surface area contributed by atoms with Crippen LogP contribution < -0.4 is 0 Å². The van der Waals surface area contributed by atoms with Crippen molar-refractivity contribution in [2.45, 2.75) is 0 Å². The largest absolute Gasteiger partial charge is 0.456 e. The van der Waals surface area contributed by atoms with Gasteiger partial charge in [0.05, 0.1) is 15.8 Å². The van der Waals surface area contributed by atoms with Crippen molar-refractivity contribution in [3.8, 4) is 55.9 Å². The van der Waals surface area contributed by atoms with Crippen molar-refractivity contribution in [1.82, 2.24) is 19.9 Å². The van der Waals surface area contributed by atoms with E-state index in [4.69, 9.17) is 24.4 Å². The number of furan rings is 1. The maximum Gasteiger partial charge on any atom is 0.167 e. The first-order chi connectivity index (χ1) is 26.7. The lowest BCUT2D eigenvalue weighted by Crippen LogP contribution is -2.01. The molecule has 3 aromatic heterocycles. The van der Waals surface area contributed by atoms with E-state index >= 15 is 0 Å². The molecular weight excluding hydrogens is 681 g/mol. The third-order valence-electron chi connectivity index (χ3n) is 10.2. The van der Waals surface area contributed by atoms with Crippen LogP contribution in [0.3, 0.4) is 0 Å². The molecule has 0 saturated carbocycles. The SMILES string of the molecule is c1ccc(-c2nc(-c3ccc(-c4cc5ccccc5c5ccccc45)cc3)nc(-c3c4nc(-c5ccccc5)sc4cc4oc5ccccc5c34)n2)cc1. The Morgan fingerprint density at radius 1 is 0.407 bits per heavy atom. The Hall–Kier alpha value is -7.02. The lowest BCUT2D eigenvalue weighted by Gasteiger charge is -2.12. The molecule has 0 bridgehead atoms. The van der Waals surface area contributed by atoms with Crippen molar-refractivity contribution >= 4 is 65.0 Å². The van der Waals surface area contributed by atoms with Crippen molar-refractivity contribution in [3.05, 3.63) is 170 Å². The maximum absolute atomic E-state index is 6.49. The topological polar surface area (TPSA) is 64.7 Å². The number of aromatic nitrogens is 4. The van der Waals surface area contributed by atoms with Crippen LogP contribution in [-0.2, 0) is 0 Å². The van der Waals surface area contributed by atoms with E-state index in [2.05, 4.69) is 103 Å². The Kier molecular flexibility index (Phi) is 6.97. The predicted octanol–water partition coefficient (Wildman–Crippen LogP) is 13.0. The number of hydrogen-bond acceptors (Lipinski definition) is 6. The summed E-state index contributed by atoms with van der Waals surface area (Å²) in [5, 5.41) is 7.80. The monoisotopic (exact) mass is 708 g/mol. The molecular formula is C48H28N4OS. The zero-order chi connectivity index (χ0) is 35.6. The average Bonchev–Trinajstić information content (AvgIpc) is 3.84. The summed E-state index contributed by atoms with van der Waals surface area (Å²) in [5.41, 5.74) is 8.45. The molecule has 0 atom stereocenters. The van der Waals surface area contributed by atoms with Crippen molar-refractivity contribution in [3.63, 3.8) is 0 Å². The zero-order valence-corrected chi connectivity index (χ0v) is 29.6. The van der Waals surface area contributed by atoms with Gasteiger partial charge in [0.2, 0.25) is 0 Å². The number of hydrogen-bond donors (Lipinski definition) is 0. The molecule has 0 spiro atoms. The van der Waals surface area contributed by atoms with Crippen LogP contribution in [0.2, 0.25) is 0 Å². The summed E-state index contributed by atoms with van der Waals surface area (Å²) in [7, 11) is 0. The molecule has 11 rings (SSSR count). The van der Waals surface area contributed by atoms with E-state index in [0.717, 1.165) is 65.0 Å². The van der Waals surface area contributed by atoms with Gasteiger partial charge in [0.1, 0.15) is 16.2 Å². The summed E-state index contributed by atoms with van der Waals surface area (Å²) in [6.45, 7) is 0. The molecule has 11 aromatic rings. The minimum absolute atomic E-state index is 0.551. The highest BCUT2D eigenvalue weighted by molar-refractivity contribution is 7.21. The van der Waals surface area contributed by atoms with Crippen LogP contribution in [0.15, 0.2) is 174 Å². The third-order valence-corrected chi connectivity index (χ3v) is 11.2. The van der Waals surface area contributed by atoms with E-state index in [1.54, 1.807) is 11.3 Å². The first kappa shape index (κ1) is 30.6. The van der Waals surface area contributed by atoms with Crippen molar-refractivity contribution in [1.29, 1.82) is 0 Å². The predicted molar refractivity (Wildman–Crippen MR) is 222 cm³/mol. The van der Waals surface area contributed by atoms with Gasteiger partial charge < -0.3 is 4.42 Å². The molecule has 0 unspecified atom stereocenters. The fourth-order valence-electron chi connectivity index (χ4n) is 7.62. The number of rotatable bonds is 5. The van der Waals surface area contributed by atoms with Gasteiger partial charge in [0.15, 0.2) is 17.5 Å². The van der Waals surface area contributed by atoms with Crippen molar-refractivity contribution < 1.29 is 4.42 Å². The summed E-state index contributed by atoms with van der Waals surface area (Å²) >= 11 is 1.64. The standard InChI is InChI=1S/C48H28N4OS/c1-3-13-30(14-4-1)45-50-46(31-25-23-29(24-26-31)38-27-33-17-7-8-18-34(33)35-19-9-10-20-36(35)38)52-47(51-45)43-42-37-21-11-12-22-39(37)53-40(42)28-41-44(43)49-48(54-41)32-15-5-2-6-16-32/h1-28H. The molecule has 8 aromatic carbocycles. The van der Waals surface area contributed by atoms with Gasteiger partial charge in [-0.25, -0.2) is 19.9 Å². The molecule has 0 saturated heterocycles. The number of nitrogens with zero attached hydrogens (tertiary/aromatic N) is 4. The first-order valence-electron chi connectivity index (χ1n) is 17.9. The van der Waals surface area contributed by atoms with E-state index in [0.29, 0.717) is 17.5 Å². The first-order valence-corrected chi connectivity index (χ1v) is 18.7. The molecule has 5 nitrogen and oxygen atoms in total. The Balaban J connectivity index is 1.14. The summed E-state index contributed by atoms with van der Waals surface area (Å²) < 4.78 is 7.49. The molecule has 0 N–H and O–H groups in total. The smallest absolute Gasteiger partial charge is 0.167 e. The van der Waals surface area contributed by atoms with E-state index in [1.807, 2.05) is 66.7 Å². The van der Waals surface area contributed by atoms with Crippen LogP contribution in [0.25, 0.3) is 110 Å². The van der Waals surface area contributed by atoms with Crippen LogP contribution in [0.4, 0.5) is 0 Å². The van der Waals surface area contributed by atoms with Gasteiger partial charge in [0.25, 0.3) is 0 Å². The number of para-hydroxylation sites is 1. The normalized spacial score (nSPS) is 11.7. The van der Waals surface area contributed by atoms with Crippen molar-refractivity contribution in [2.75, 3.05) is 0 Å². The molecule has 6 heteroatoms. The fraction of sp³-hybridized carbons (Fsp3) is 0. The minimum Gasteiger partial charge on any atom is -0.456 e. The molecule has 0 aliphatic carbocycles. The quantitative estimate of drug-likeness (QED) is 0.167. The second-order valence-corrected chi connectivity index (χ2v) is 14.4. The number of thiazole rings is 1. The molecule has 0 amide bonds. The third kappa shape index (κ3) is 4.99. The minimum atomic E-state index is 0.551. The Morgan fingerprint density at radius 3 is 1.74 bits per heavy atom. The molecule has 0 radical (unpaired) electrons. The summed E-state index contributed by atoms with van der Waals surface area (Å²) in [4.78, 5) is 20.8. The summed E-state index contributed by atoms with van der Waals surface area (Å²) in [6, 6.07) is 58.7. The van der Waals surface area contributed by atoms with Gasteiger partial charge in [-0.15, -0.1) is 11.3 Å². The van der Waals surface area contributed by atoms with Crippen LogP contribution in [0.5, 0.6) is 0 Å². The maximum atomic E-state index is 6.49. The van der Waals surface area contributed by atoms with Gasteiger partial charge >= 0.3 is 0 Å². The number of fused-ring (bicyclic) bond motifs is 7. The van der Waals surface area contributed by atoms with E-state index in [9.17, 15) is 0 Å². The molecule has 252 valence electrons. The van der Waals surface area contributed by atoms with Crippen LogP contribution in [0.1, 0.15) is 0 Å². The van der Waals surface area contributed by atoms with Gasteiger partial charge in [-0.1, -0.05) is 152 Å². The van der Waals surface area contributed by atoms with E-state index in [1.165, 1.54) is 27.1 Å². The Bertz CT molecular complexity index is 3210. The van der Waals surface area contributed by atoms with Gasteiger partial charge in [-0.2, -0.15) is 0 Å². The summed E-state index contributed by atoms with van der Waals surface area (Å²) in [5.74, 6) is 1.73. The average molecular weight is 709 g/mol. The zero-order valence-electron chi connectivity index (χ0n) is 28.8. The fourth-order valence-corrected chi connectivity index (χ4v) is 8.63. The summed E-state index contributed by atoms with van der Waals surface area (Å²) in [6.07, 6.45) is 0. The van der Waals surface area contributed by atoms with E-state index in [-0.39, 0.29) is 0 Å². The highest BCUT2D eigenvalue weighted by atomic mass is 32.1. The lowest BCUT2D eigenvalue weighted by molar-refractivity contribution is 0.669. The second kappa shape index (κ2) is 12.3. The van der Waals surface area contributed by atoms with Crippen LogP contribution >= 0.6 is 11.3 Å². The molecule has 0 aliphatic rings. The van der Waals surface area contributed by atoms with Gasteiger partial charge in [0, 0.05) is 33.5 Å². The van der Waals surface area contributed by atoms with Crippen LogP contribution in [-0.4, -0.2) is 19.9 Å². The van der Waals surface area contributed by atoms with Gasteiger partial charge in [-0.3, -0.25) is 0 Å². The Morgan fingerprint density at radius 2 is 0.981 bits per heavy atom. The highest BCUT2D eigenvalue weighted by Crippen LogP contribution is 2.44. The van der Waals surface area contributed by atoms with Crippen molar-refractivity contribution in [2.24, 2.45) is 0 Å². The molecule has 0 aliphatic heterocycles. The second-order valence-electron chi connectivity index (χ2n) is 13.4. The molecule has 0 fully saturated rings. The lowest BCUT2D eigenvalue weighted by atomic mass is 9.93. The van der Waals surface area contributed by atoms with E-state index < -0.39 is 0 Å². The number of benzene rings is 8. The molecule has 54 heavy (non-hydrogen) atoms. The van der Waals surface area contributed by atoms with Gasteiger partial charge in [-0.05, 0) is 44.8 Å².